The van der Waals surface area contributed by atoms with E-state index in [1.165, 1.54) is 19.2 Å². The van der Waals surface area contributed by atoms with Gasteiger partial charge < -0.3 is 9.47 Å². The molecule has 2 aromatic rings. The molecule has 2 rings (SSSR count). The topological polar surface area (TPSA) is 78.7 Å². The Kier molecular flexibility index (Phi) is 5.11. The van der Waals surface area contributed by atoms with E-state index < -0.39 is 4.92 Å². The minimum Gasteiger partial charge on any atom is -0.493 e. The fourth-order valence-electron chi connectivity index (χ4n) is 1.82. The van der Waals surface area contributed by atoms with Gasteiger partial charge in [0, 0.05) is 17.7 Å². The van der Waals surface area contributed by atoms with Crippen molar-refractivity contribution in [3.05, 3.63) is 62.1 Å². The van der Waals surface area contributed by atoms with E-state index in [0.717, 1.165) is 5.56 Å². The van der Waals surface area contributed by atoms with Gasteiger partial charge in [0.15, 0.2) is 11.5 Å². The number of rotatable bonds is 6. The normalized spacial score (nSPS) is 10.1. The second-order valence-corrected chi connectivity index (χ2v) is 5.22. The lowest BCUT2D eigenvalue weighted by Crippen LogP contribution is -2.00. The quantitative estimate of drug-likeness (QED) is 0.442. The summed E-state index contributed by atoms with van der Waals surface area (Å²) in [4.78, 5) is 21.0. The Balaban J connectivity index is 2.17. The van der Waals surface area contributed by atoms with Crippen molar-refractivity contribution in [1.29, 1.82) is 0 Å². The molecule has 6 nitrogen and oxygen atoms in total. The van der Waals surface area contributed by atoms with Crippen molar-refractivity contribution >= 4 is 27.9 Å². The number of hydrogen-bond acceptors (Lipinski definition) is 5. The lowest BCUT2D eigenvalue weighted by Gasteiger charge is -2.13. The number of non-ortho nitro benzene ring substituents is 1. The summed E-state index contributed by atoms with van der Waals surface area (Å²) < 4.78 is 11.5. The molecular weight excluding hydrogens is 354 g/mol. The first-order valence-corrected chi connectivity index (χ1v) is 7.03. The first-order valence-electron chi connectivity index (χ1n) is 6.24. The van der Waals surface area contributed by atoms with Crippen LogP contribution in [0.4, 0.5) is 5.69 Å². The maximum absolute atomic E-state index is 10.8. The molecule has 0 saturated carbocycles. The molecule has 7 heteroatoms. The molecule has 2 aromatic carbocycles. The van der Waals surface area contributed by atoms with Crippen molar-refractivity contribution in [3.63, 3.8) is 0 Å². The molecule has 114 valence electrons. The van der Waals surface area contributed by atoms with E-state index in [0.29, 0.717) is 27.8 Å². The van der Waals surface area contributed by atoms with Gasteiger partial charge in [-0.25, -0.2) is 0 Å². The highest BCUT2D eigenvalue weighted by molar-refractivity contribution is 9.10. The average molecular weight is 366 g/mol. The first-order chi connectivity index (χ1) is 10.5. The number of aldehydes is 1. The van der Waals surface area contributed by atoms with Crippen LogP contribution in [0, 0.1) is 10.1 Å². The van der Waals surface area contributed by atoms with Crippen LogP contribution in [-0.2, 0) is 6.61 Å². The van der Waals surface area contributed by atoms with Gasteiger partial charge in [-0.1, -0.05) is 0 Å². The molecule has 0 spiro atoms. The second kappa shape index (κ2) is 7.04. The number of carbonyl (C=O) groups excluding carboxylic acids is 1. The zero-order chi connectivity index (χ0) is 16.1. The largest absolute Gasteiger partial charge is 0.493 e. The Morgan fingerprint density at radius 1 is 1.27 bits per heavy atom. The molecule has 0 aliphatic carbocycles. The molecule has 0 heterocycles. The molecule has 0 atom stereocenters. The van der Waals surface area contributed by atoms with Gasteiger partial charge in [-0.05, 0) is 45.8 Å². The standard InChI is InChI=1S/C15H12BrNO5/c1-21-14-7-11(8-18)6-13(16)15(14)22-9-10-2-4-12(5-3-10)17(19)20/h2-8H,9H2,1H3. The van der Waals surface area contributed by atoms with E-state index in [-0.39, 0.29) is 12.3 Å². The van der Waals surface area contributed by atoms with Crippen molar-refractivity contribution < 1.29 is 19.2 Å². The smallest absolute Gasteiger partial charge is 0.269 e. The Bertz CT molecular complexity index is 700. The number of nitro groups is 1. The summed E-state index contributed by atoms with van der Waals surface area (Å²) >= 11 is 3.33. The van der Waals surface area contributed by atoms with E-state index in [2.05, 4.69) is 15.9 Å². The predicted molar refractivity (Wildman–Crippen MR) is 83.5 cm³/mol. The molecule has 0 bridgehead atoms. The van der Waals surface area contributed by atoms with Crippen molar-refractivity contribution in [2.45, 2.75) is 6.61 Å². The number of hydrogen-bond donors (Lipinski definition) is 0. The lowest BCUT2D eigenvalue weighted by molar-refractivity contribution is -0.384. The van der Waals surface area contributed by atoms with Gasteiger partial charge in [-0.2, -0.15) is 0 Å². The van der Waals surface area contributed by atoms with Crippen molar-refractivity contribution in [2.75, 3.05) is 7.11 Å². The second-order valence-electron chi connectivity index (χ2n) is 4.36. The van der Waals surface area contributed by atoms with Crippen LogP contribution in [0.3, 0.4) is 0 Å². The van der Waals surface area contributed by atoms with Crippen LogP contribution in [0.25, 0.3) is 0 Å². The summed E-state index contributed by atoms with van der Waals surface area (Å²) in [5, 5.41) is 10.6. The fourth-order valence-corrected chi connectivity index (χ4v) is 2.39. The summed E-state index contributed by atoms with van der Waals surface area (Å²) in [5.41, 5.74) is 1.27. The third-order valence-corrected chi connectivity index (χ3v) is 3.51. The highest BCUT2D eigenvalue weighted by Crippen LogP contribution is 2.36. The van der Waals surface area contributed by atoms with Crippen molar-refractivity contribution in [2.24, 2.45) is 0 Å². The molecule has 0 aromatic heterocycles. The van der Waals surface area contributed by atoms with Gasteiger partial charge in [0.05, 0.1) is 16.5 Å². The van der Waals surface area contributed by atoms with Gasteiger partial charge in [-0.3, -0.25) is 14.9 Å². The summed E-state index contributed by atoms with van der Waals surface area (Å²) in [6.07, 6.45) is 0.716. The molecule has 22 heavy (non-hydrogen) atoms. The molecule has 0 aliphatic rings. The van der Waals surface area contributed by atoms with E-state index >= 15 is 0 Å². The Morgan fingerprint density at radius 2 is 1.95 bits per heavy atom. The molecule has 0 unspecified atom stereocenters. The van der Waals surface area contributed by atoms with Crippen molar-refractivity contribution in [3.8, 4) is 11.5 Å². The number of methoxy groups -OCH3 is 1. The van der Waals surface area contributed by atoms with Crippen molar-refractivity contribution in [1.82, 2.24) is 0 Å². The van der Waals surface area contributed by atoms with Gasteiger partial charge in [-0.15, -0.1) is 0 Å². The van der Waals surface area contributed by atoms with Gasteiger partial charge >= 0.3 is 0 Å². The van der Waals surface area contributed by atoms with E-state index in [1.807, 2.05) is 0 Å². The maximum atomic E-state index is 10.8. The monoisotopic (exact) mass is 365 g/mol. The van der Waals surface area contributed by atoms with E-state index in [9.17, 15) is 14.9 Å². The van der Waals surface area contributed by atoms with Gasteiger partial charge in [0.1, 0.15) is 12.9 Å². The van der Waals surface area contributed by atoms with Gasteiger partial charge in [0.2, 0.25) is 0 Å². The molecule has 0 saturated heterocycles. The van der Waals surface area contributed by atoms with Gasteiger partial charge in [0.25, 0.3) is 5.69 Å². The summed E-state index contributed by atoms with van der Waals surface area (Å²) in [5.74, 6) is 0.893. The third kappa shape index (κ3) is 3.62. The molecule has 0 fully saturated rings. The minimum atomic E-state index is -0.456. The summed E-state index contributed by atoms with van der Waals surface area (Å²) in [7, 11) is 1.48. The molecule has 0 N–H and O–H groups in total. The molecule has 0 amide bonds. The number of halogens is 1. The zero-order valence-corrected chi connectivity index (χ0v) is 13.2. The zero-order valence-electron chi connectivity index (χ0n) is 11.6. The molecule has 0 radical (unpaired) electrons. The Labute approximate surface area is 134 Å². The number of carbonyl (C=O) groups is 1. The number of nitrogens with zero attached hydrogens (tertiary/aromatic N) is 1. The van der Waals surface area contributed by atoms with E-state index in [1.54, 1.807) is 24.3 Å². The SMILES string of the molecule is COc1cc(C=O)cc(Br)c1OCc1ccc([N+](=O)[O-])cc1. The Hall–Kier alpha value is -2.41. The highest BCUT2D eigenvalue weighted by atomic mass is 79.9. The van der Waals surface area contributed by atoms with Crippen LogP contribution in [-0.4, -0.2) is 18.3 Å². The average Bonchev–Trinajstić information content (AvgIpc) is 2.53. The van der Waals surface area contributed by atoms with Crippen LogP contribution in [0.15, 0.2) is 40.9 Å². The van der Waals surface area contributed by atoms with Crippen LogP contribution < -0.4 is 9.47 Å². The summed E-state index contributed by atoms with van der Waals surface area (Å²) in [6, 6.07) is 9.28. The number of nitro benzene ring substituents is 1. The van der Waals surface area contributed by atoms with Crippen LogP contribution in [0.5, 0.6) is 11.5 Å². The molecular formula is C15H12BrNO5. The van der Waals surface area contributed by atoms with Crippen LogP contribution in [0.2, 0.25) is 0 Å². The van der Waals surface area contributed by atoms with Crippen LogP contribution >= 0.6 is 15.9 Å². The van der Waals surface area contributed by atoms with Crippen LogP contribution in [0.1, 0.15) is 15.9 Å². The third-order valence-electron chi connectivity index (χ3n) is 2.92. The number of ether oxygens (including phenoxy) is 2. The number of benzene rings is 2. The highest BCUT2D eigenvalue weighted by Gasteiger charge is 2.12. The molecule has 0 aliphatic heterocycles. The maximum Gasteiger partial charge on any atom is 0.269 e. The lowest BCUT2D eigenvalue weighted by atomic mass is 10.2. The minimum absolute atomic E-state index is 0.0258. The van der Waals surface area contributed by atoms with E-state index in [4.69, 9.17) is 9.47 Å². The Morgan fingerprint density at radius 3 is 2.50 bits per heavy atom. The summed E-state index contributed by atoms with van der Waals surface area (Å²) in [6.45, 7) is 0.216. The predicted octanol–water partition coefficient (Wildman–Crippen LogP) is 3.76. The fraction of sp³-hybridized carbons (Fsp3) is 0.133. The first kappa shape index (κ1) is 16.0.